The number of aromatic nitrogens is 3. The van der Waals surface area contributed by atoms with Crippen LogP contribution in [0.25, 0.3) is 10.8 Å². The van der Waals surface area contributed by atoms with E-state index in [1.165, 1.54) is 0 Å². The molecule has 4 heteroatoms. The lowest BCUT2D eigenvalue weighted by molar-refractivity contribution is 1.13. The van der Waals surface area contributed by atoms with E-state index in [1.807, 2.05) is 12.3 Å². The first-order chi connectivity index (χ1) is 5.86. The highest BCUT2D eigenvalue weighted by atomic mass is 32.1. The van der Waals surface area contributed by atoms with E-state index in [9.17, 15) is 0 Å². The average molecular weight is 177 g/mol. The Labute approximate surface area is 74.2 Å². The lowest BCUT2D eigenvalue weighted by Crippen LogP contribution is -1.87. The molecule has 0 atom stereocenters. The van der Waals surface area contributed by atoms with Gasteiger partial charge in [-0.05, 0) is 12.5 Å². The first kappa shape index (κ1) is 7.36. The molecule has 0 aliphatic rings. The smallest absolute Gasteiger partial charge is 0.188 e. The topological polar surface area (TPSA) is 38.7 Å². The van der Waals surface area contributed by atoms with Crippen molar-refractivity contribution in [3.05, 3.63) is 29.5 Å². The highest BCUT2D eigenvalue weighted by Crippen LogP contribution is 2.16. The van der Waals surface area contributed by atoms with Crippen LogP contribution in [0.1, 0.15) is 5.56 Å². The maximum Gasteiger partial charge on any atom is 0.188 e. The monoisotopic (exact) mass is 177 g/mol. The Kier molecular flexibility index (Phi) is 1.83. The van der Waals surface area contributed by atoms with Crippen LogP contribution in [-0.2, 0) is 0 Å². The molecule has 0 unspecified atom stereocenters. The van der Waals surface area contributed by atoms with Crippen molar-refractivity contribution in [2.24, 2.45) is 0 Å². The van der Waals surface area contributed by atoms with Crippen LogP contribution in [-0.4, -0.2) is 15.0 Å². The highest BCUT2D eigenvalue weighted by Gasteiger charge is 2.01. The molecule has 0 aliphatic heterocycles. The van der Waals surface area contributed by atoms with E-state index < -0.39 is 0 Å². The zero-order valence-electron chi connectivity index (χ0n) is 6.56. The SMILES string of the molecule is Cc1cnc(-c2nccs2)nc1. The molecule has 60 valence electrons. The van der Waals surface area contributed by atoms with Crippen LogP contribution in [0.4, 0.5) is 0 Å². The number of nitrogens with zero attached hydrogens (tertiary/aromatic N) is 3. The Morgan fingerprint density at radius 2 is 1.92 bits per heavy atom. The number of thiazole rings is 1. The molecular formula is C8H7N3S. The first-order valence-electron chi connectivity index (χ1n) is 3.55. The fourth-order valence-corrected chi connectivity index (χ4v) is 1.42. The minimum atomic E-state index is 0.704. The van der Waals surface area contributed by atoms with Gasteiger partial charge in [0.25, 0.3) is 0 Å². The zero-order chi connectivity index (χ0) is 8.39. The summed E-state index contributed by atoms with van der Waals surface area (Å²) in [6, 6.07) is 0. The van der Waals surface area contributed by atoms with Gasteiger partial charge in [-0.25, -0.2) is 15.0 Å². The predicted molar refractivity (Wildman–Crippen MR) is 47.9 cm³/mol. The minimum absolute atomic E-state index is 0.704. The minimum Gasteiger partial charge on any atom is -0.241 e. The first-order valence-corrected chi connectivity index (χ1v) is 4.43. The summed E-state index contributed by atoms with van der Waals surface area (Å²) in [6.07, 6.45) is 5.34. The molecule has 0 bridgehead atoms. The summed E-state index contributed by atoms with van der Waals surface area (Å²) >= 11 is 1.55. The third kappa shape index (κ3) is 1.33. The standard InChI is InChI=1S/C8H7N3S/c1-6-4-10-7(11-5-6)8-9-2-3-12-8/h2-5H,1H3. The molecule has 2 aromatic rings. The molecule has 0 radical (unpaired) electrons. The van der Waals surface area contributed by atoms with Gasteiger partial charge in [0, 0.05) is 24.0 Å². The second kappa shape index (κ2) is 2.98. The number of hydrogen-bond acceptors (Lipinski definition) is 4. The zero-order valence-corrected chi connectivity index (χ0v) is 7.38. The van der Waals surface area contributed by atoms with Crippen molar-refractivity contribution in [1.82, 2.24) is 15.0 Å². The number of hydrogen-bond donors (Lipinski definition) is 0. The molecule has 2 aromatic heterocycles. The van der Waals surface area contributed by atoms with Crippen molar-refractivity contribution in [2.45, 2.75) is 6.92 Å². The van der Waals surface area contributed by atoms with Crippen LogP contribution >= 0.6 is 11.3 Å². The summed E-state index contributed by atoms with van der Waals surface area (Å²) < 4.78 is 0. The molecule has 0 N–H and O–H groups in total. The molecule has 3 nitrogen and oxygen atoms in total. The highest BCUT2D eigenvalue weighted by molar-refractivity contribution is 7.12. The van der Waals surface area contributed by atoms with Gasteiger partial charge in [-0.3, -0.25) is 0 Å². The summed E-state index contributed by atoms with van der Waals surface area (Å²) in [5, 5.41) is 2.79. The average Bonchev–Trinajstić information content (AvgIpc) is 2.58. The van der Waals surface area contributed by atoms with Gasteiger partial charge in [0.15, 0.2) is 10.8 Å². The summed E-state index contributed by atoms with van der Waals surface area (Å²) in [6.45, 7) is 1.96. The Hall–Kier alpha value is -1.29. The number of rotatable bonds is 1. The van der Waals surface area contributed by atoms with E-state index >= 15 is 0 Å². The van der Waals surface area contributed by atoms with E-state index in [4.69, 9.17) is 0 Å². The molecule has 0 fully saturated rings. The maximum atomic E-state index is 4.16. The fraction of sp³-hybridized carbons (Fsp3) is 0.125. The molecule has 0 aliphatic carbocycles. The quantitative estimate of drug-likeness (QED) is 0.667. The summed E-state index contributed by atoms with van der Waals surface area (Å²) in [7, 11) is 0. The van der Waals surface area contributed by atoms with Gasteiger partial charge in [-0.1, -0.05) is 0 Å². The molecule has 0 aromatic carbocycles. The van der Waals surface area contributed by atoms with Crippen molar-refractivity contribution >= 4 is 11.3 Å². The van der Waals surface area contributed by atoms with E-state index in [-0.39, 0.29) is 0 Å². The Bertz CT molecular complexity index is 352. The van der Waals surface area contributed by atoms with Crippen LogP contribution in [0.3, 0.4) is 0 Å². The normalized spacial score (nSPS) is 10.1. The van der Waals surface area contributed by atoms with Crippen LogP contribution in [0.5, 0.6) is 0 Å². The lowest BCUT2D eigenvalue weighted by Gasteiger charge is -1.93. The molecule has 0 saturated carbocycles. The van der Waals surface area contributed by atoms with Gasteiger partial charge in [0.2, 0.25) is 0 Å². The second-order valence-electron chi connectivity index (χ2n) is 2.42. The molecule has 2 rings (SSSR count). The molecule has 0 amide bonds. The largest absolute Gasteiger partial charge is 0.241 e. The van der Waals surface area contributed by atoms with Gasteiger partial charge < -0.3 is 0 Å². The van der Waals surface area contributed by atoms with Gasteiger partial charge in [0.1, 0.15) is 0 Å². The summed E-state index contributed by atoms with van der Waals surface area (Å²) in [5.41, 5.74) is 1.07. The van der Waals surface area contributed by atoms with Crippen molar-refractivity contribution in [3.63, 3.8) is 0 Å². The maximum absolute atomic E-state index is 4.16. The fourth-order valence-electron chi connectivity index (χ4n) is 0.837. The van der Waals surface area contributed by atoms with Crippen LogP contribution in [0.15, 0.2) is 24.0 Å². The van der Waals surface area contributed by atoms with Crippen LogP contribution in [0.2, 0.25) is 0 Å². The van der Waals surface area contributed by atoms with Crippen LogP contribution < -0.4 is 0 Å². The van der Waals surface area contributed by atoms with Crippen molar-refractivity contribution < 1.29 is 0 Å². The van der Waals surface area contributed by atoms with E-state index in [0.717, 1.165) is 10.6 Å². The van der Waals surface area contributed by atoms with E-state index in [2.05, 4.69) is 15.0 Å². The van der Waals surface area contributed by atoms with Crippen molar-refractivity contribution in [3.8, 4) is 10.8 Å². The van der Waals surface area contributed by atoms with E-state index in [1.54, 1.807) is 29.9 Å². The molecule has 12 heavy (non-hydrogen) atoms. The second-order valence-corrected chi connectivity index (χ2v) is 3.32. The molecule has 0 saturated heterocycles. The molecule has 2 heterocycles. The third-order valence-corrected chi connectivity index (χ3v) is 2.17. The summed E-state index contributed by atoms with van der Waals surface area (Å²) in [5.74, 6) is 0.704. The Morgan fingerprint density at radius 1 is 1.17 bits per heavy atom. The van der Waals surface area contributed by atoms with E-state index in [0.29, 0.717) is 5.82 Å². The van der Waals surface area contributed by atoms with Gasteiger partial charge in [-0.2, -0.15) is 0 Å². The van der Waals surface area contributed by atoms with Crippen LogP contribution in [0, 0.1) is 6.92 Å². The third-order valence-electron chi connectivity index (χ3n) is 1.40. The van der Waals surface area contributed by atoms with Gasteiger partial charge in [0.05, 0.1) is 0 Å². The summed E-state index contributed by atoms with van der Waals surface area (Å²) in [4.78, 5) is 12.4. The van der Waals surface area contributed by atoms with Crippen molar-refractivity contribution in [1.29, 1.82) is 0 Å². The van der Waals surface area contributed by atoms with Gasteiger partial charge >= 0.3 is 0 Å². The molecule has 0 spiro atoms. The number of aryl methyl sites for hydroxylation is 1. The predicted octanol–water partition coefficient (Wildman–Crippen LogP) is 1.91. The Balaban J connectivity index is 2.43. The van der Waals surface area contributed by atoms with Crippen molar-refractivity contribution in [2.75, 3.05) is 0 Å². The Morgan fingerprint density at radius 3 is 2.50 bits per heavy atom. The lowest BCUT2D eigenvalue weighted by atomic mass is 10.4. The van der Waals surface area contributed by atoms with Gasteiger partial charge in [-0.15, -0.1) is 11.3 Å². The molecular weight excluding hydrogens is 170 g/mol.